The van der Waals surface area contributed by atoms with Gasteiger partial charge in [-0.15, -0.1) is 0 Å². The number of carbonyl (C=O) groups excluding carboxylic acids is 2. The van der Waals surface area contributed by atoms with Crippen molar-refractivity contribution in [2.75, 3.05) is 19.3 Å². The lowest BCUT2D eigenvalue weighted by molar-refractivity contribution is 0.0708. The van der Waals surface area contributed by atoms with Gasteiger partial charge in [-0.1, -0.05) is 31.4 Å². The van der Waals surface area contributed by atoms with Crippen molar-refractivity contribution in [3.05, 3.63) is 35.4 Å². The summed E-state index contributed by atoms with van der Waals surface area (Å²) >= 11 is 1.78. The molecule has 1 aliphatic carbocycles. The molecule has 3 rings (SSSR count). The van der Waals surface area contributed by atoms with Crippen LogP contribution in [0.1, 0.15) is 60.9 Å². The van der Waals surface area contributed by atoms with Gasteiger partial charge in [-0.3, -0.25) is 4.79 Å². The highest BCUT2D eigenvalue weighted by molar-refractivity contribution is 7.97. The molecular weight excluding hydrogens is 358 g/mol. The first-order chi connectivity index (χ1) is 13.2. The molecule has 2 fully saturated rings. The van der Waals surface area contributed by atoms with Crippen molar-refractivity contribution < 1.29 is 9.59 Å². The fraction of sp³-hybridized carbons (Fsp3) is 0.619. The minimum Gasteiger partial charge on any atom is -0.338 e. The summed E-state index contributed by atoms with van der Waals surface area (Å²) in [6.45, 7) is 1.39. The summed E-state index contributed by atoms with van der Waals surface area (Å²) in [5, 5.41) is 6.21. The van der Waals surface area contributed by atoms with E-state index in [-0.39, 0.29) is 18.0 Å². The summed E-state index contributed by atoms with van der Waals surface area (Å²) in [6.07, 6.45) is 9.60. The number of nitrogens with zero attached hydrogens (tertiary/aromatic N) is 1. The maximum Gasteiger partial charge on any atom is 0.315 e. The van der Waals surface area contributed by atoms with Crippen molar-refractivity contribution in [1.82, 2.24) is 15.5 Å². The second-order valence-electron chi connectivity index (χ2n) is 7.65. The first kappa shape index (κ1) is 20.1. The second-order valence-corrected chi connectivity index (χ2v) is 8.52. The third kappa shape index (κ3) is 5.89. The lowest BCUT2D eigenvalue weighted by atomic mass is 9.96. The largest absolute Gasteiger partial charge is 0.338 e. The van der Waals surface area contributed by atoms with E-state index in [4.69, 9.17) is 0 Å². The van der Waals surface area contributed by atoms with Crippen molar-refractivity contribution in [3.63, 3.8) is 0 Å². The predicted molar refractivity (Wildman–Crippen MR) is 111 cm³/mol. The molecule has 1 aliphatic heterocycles. The van der Waals surface area contributed by atoms with E-state index in [0.29, 0.717) is 19.1 Å². The molecule has 0 unspecified atom stereocenters. The van der Waals surface area contributed by atoms with Gasteiger partial charge in [0.25, 0.3) is 5.91 Å². The van der Waals surface area contributed by atoms with Crippen LogP contribution in [-0.2, 0) is 5.75 Å². The normalized spacial score (nSPS) is 18.9. The molecule has 0 bridgehead atoms. The number of hydrogen-bond donors (Lipinski definition) is 2. The van der Waals surface area contributed by atoms with Crippen LogP contribution in [0.25, 0.3) is 0 Å². The molecule has 3 amide bonds. The van der Waals surface area contributed by atoms with Crippen LogP contribution in [0.5, 0.6) is 0 Å². The van der Waals surface area contributed by atoms with Crippen LogP contribution in [0, 0.1) is 0 Å². The van der Waals surface area contributed by atoms with E-state index < -0.39 is 0 Å². The molecule has 2 N–H and O–H groups in total. The van der Waals surface area contributed by atoms with Gasteiger partial charge in [-0.25, -0.2) is 4.79 Å². The van der Waals surface area contributed by atoms with Crippen LogP contribution in [0.4, 0.5) is 4.79 Å². The number of amides is 3. The van der Waals surface area contributed by atoms with Crippen LogP contribution < -0.4 is 10.6 Å². The highest BCUT2D eigenvalue weighted by atomic mass is 32.2. The van der Waals surface area contributed by atoms with Crippen LogP contribution in [-0.4, -0.2) is 48.3 Å². The van der Waals surface area contributed by atoms with Gasteiger partial charge < -0.3 is 15.5 Å². The fourth-order valence-corrected chi connectivity index (χ4v) is 4.50. The highest BCUT2D eigenvalue weighted by Gasteiger charge is 2.25. The number of piperidine rings is 1. The van der Waals surface area contributed by atoms with Crippen molar-refractivity contribution in [1.29, 1.82) is 0 Å². The van der Waals surface area contributed by atoms with E-state index in [1.807, 2.05) is 29.2 Å². The summed E-state index contributed by atoms with van der Waals surface area (Å²) in [5.41, 5.74) is 1.99. The molecule has 148 valence electrons. The molecule has 1 aromatic carbocycles. The van der Waals surface area contributed by atoms with Crippen LogP contribution >= 0.6 is 11.8 Å². The molecule has 2 aliphatic rings. The predicted octanol–water partition coefficient (Wildman–Crippen LogP) is 3.79. The van der Waals surface area contributed by atoms with Crippen molar-refractivity contribution in [2.24, 2.45) is 0 Å². The van der Waals surface area contributed by atoms with Gasteiger partial charge >= 0.3 is 6.03 Å². The lowest BCUT2D eigenvalue weighted by Gasteiger charge is -2.33. The van der Waals surface area contributed by atoms with Gasteiger partial charge in [0.05, 0.1) is 0 Å². The van der Waals surface area contributed by atoms with Gasteiger partial charge in [0.1, 0.15) is 0 Å². The zero-order chi connectivity index (χ0) is 19.1. The van der Waals surface area contributed by atoms with Gasteiger partial charge in [0.2, 0.25) is 0 Å². The van der Waals surface area contributed by atoms with E-state index in [9.17, 15) is 9.59 Å². The Kier molecular flexibility index (Phi) is 7.44. The summed E-state index contributed by atoms with van der Waals surface area (Å²) in [4.78, 5) is 26.8. The number of likely N-dealkylation sites (tertiary alicyclic amines) is 1. The first-order valence-electron chi connectivity index (χ1n) is 10.1. The summed E-state index contributed by atoms with van der Waals surface area (Å²) in [7, 11) is 0. The smallest absolute Gasteiger partial charge is 0.315 e. The average molecular weight is 390 g/mol. The van der Waals surface area contributed by atoms with Crippen molar-refractivity contribution >= 4 is 23.7 Å². The molecule has 0 spiro atoms. The summed E-state index contributed by atoms with van der Waals surface area (Å²) in [5.74, 6) is 1.06. The highest BCUT2D eigenvalue weighted by Crippen LogP contribution is 2.18. The maximum atomic E-state index is 12.7. The molecule has 0 aromatic heterocycles. The van der Waals surface area contributed by atoms with Gasteiger partial charge in [0, 0.05) is 36.5 Å². The van der Waals surface area contributed by atoms with E-state index in [0.717, 1.165) is 37.0 Å². The summed E-state index contributed by atoms with van der Waals surface area (Å²) < 4.78 is 0. The van der Waals surface area contributed by atoms with E-state index in [1.54, 1.807) is 11.8 Å². The quantitative estimate of drug-likeness (QED) is 0.805. The Morgan fingerprint density at radius 2 is 1.56 bits per heavy atom. The molecule has 1 aromatic rings. The molecule has 5 nitrogen and oxygen atoms in total. The molecule has 27 heavy (non-hydrogen) atoms. The van der Waals surface area contributed by atoms with Crippen LogP contribution in [0.15, 0.2) is 24.3 Å². The fourth-order valence-electron chi connectivity index (χ4n) is 3.98. The Balaban J connectivity index is 1.42. The number of nitrogens with one attached hydrogen (secondary N) is 2. The van der Waals surface area contributed by atoms with Gasteiger partial charge in [0.15, 0.2) is 0 Å². The summed E-state index contributed by atoms with van der Waals surface area (Å²) in [6, 6.07) is 8.36. The minimum absolute atomic E-state index is 0.0453. The van der Waals surface area contributed by atoms with Crippen molar-refractivity contribution in [2.45, 2.75) is 62.8 Å². The zero-order valence-corrected chi connectivity index (χ0v) is 17.0. The SMILES string of the molecule is CSCc1ccc(C(=O)N2CCC(NC(=O)NC3CCCCC3)CC2)cc1. The van der Waals surface area contributed by atoms with E-state index in [1.165, 1.54) is 24.8 Å². The minimum atomic E-state index is -0.0453. The second kappa shape index (κ2) is 10.0. The van der Waals surface area contributed by atoms with Gasteiger partial charge in [-0.05, 0) is 49.6 Å². The maximum absolute atomic E-state index is 12.7. The van der Waals surface area contributed by atoms with E-state index in [2.05, 4.69) is 16.9 Å². The Hall–Kier alpha value is -1.69. The molecule has 1 heterocycles. The topological polar surface area (TPSA) is 61.4 Å². The standard InChI is InChI=1S/C21H31N3O2S/c1-27-15-16-7-9-17(10-8-16)20(25)24-13-11-19(12-14-24)23-21(26)22-18-5-3-2-4-6-18/h7-10,18-19H,2-6,11-15H2,1H3,(H2,22,23,26). The molecule has 0 atom stereocenters. The number of carbonyl (C=O) groups is 2. The number of benzene rings is 1. The van der Waals surface area contributed by atoms with Crippen LogP contribution in [0.3, 0.4) is 0 Å². The Morgan fingerprint density at radius 1 is 0.963 bits per heavy atom. The molecule has 1 saturated carbocycles. The monoisotopic (exact) mass is 389 g/mol. The molecule has 0 radical (unpaired) electrons. The lowest BCUT2D eigenvalue weighted by Crippen LogP contribution is -2.51. The average Bonchev–Trinajstić information content (AvgIpc) is 2.69. The Morgan fingerprint density at radius 3 is 2.15 bits per heavy atom. The Bertz CT molecular complexity index is 621. The zero-order valence-electron chi connectivity index (χ0n) is 16.2. The molecular formula is C21H31N3O2S. The third-order valence-corrected chi connectivity index (χ3v) is 6.19. The van der Waals surface area contributed by atoms with Crippen molar-refractivity contribution in [3.8, 4) is 0 Å². The molecule has 6 heteroatoms. The number of urea groups is 1. The number of thioether (sulfide) groups is 1. The van der Waals surface area contributed by atoms with E-state index >= 15 is 0 Å². The third-order valence-electron chi connectivity index (χ3n) is 5.57. The number of rotatable bonds is 5. The van der Waals surface area contributed by atoms with Crippen LogP contribution in [0.2, 0.25) is 0 Å². The first-order valence-corrected chi connectivity index (χ1v) is 11.5. The molecule has 1 saturated heterocycles. The van der Waals surface area contributed by atoms with Gasteiger partial charge in [-0.2, -0.15) is 11.8 Å². The Labute approximate surface area is 166 Å². The number of hydrogen-bond acceptors (Lipinski definition) is 3.